The molecule has 118 valence electrons. The Bertz CT molecular complexity index is 320. The minimum Gasteiger partial charge on any atom is -0.468 e. The summed E-state index contributed by atoms with van der Waals surface area (Å²) in [6, 6.07) is 0.982. The monoisotopic (exact) mass is 284 g/mol. The Morgan fingerprint density at radius 1 is 1.45 bits per heavy atom. The highest BCUT2D eigenvalue weighted by atomic mass is 16.5. The van der Waals surface area contributed by atoms with Crippen LogP contribution in [0.25, 0.3) is 0 Å². The molecule has 0 aromatic carbocycles. The molecule has 0 aliphatic heterocycles. The average Bonchev–Trinajstić information content (AvgIpc) is 2.88. The van der Waals surface area contributed by atoms with Gasteiger partial charge in [-0.25, -0.2) is 0 Å². The molecule has 4 heteroatoms. The van der Waals surface area contributed by atoms with E-state index in [1.165, 1.54) is 7.11 Å². The first-order chi connectivity index (χ1) is 9.38. The molecule has 0 radical (unpaired) electrons. The van der Waals surface area contributed by atoms with Gasteiger partial charge in [0.25, 0.3) is 0 Å². The summed E-state index contributed by atoms with van der Waals surface area (Å²) in [5, 5.41) is 3.45. The van der Waals surface area contributed by atoms with Crippen LogP contribution in [0, 0.1) is 5.92 Å². The Hall–Kier alpha value is -0.610. The lowest BCUT2D eigenvalue weighted by molar-refractivity contribution is -0.148. The maximum atomic E-state index is 12.2. The van der Waals surface area contributed by atoms with Crippen molar-refractivity contribution in [1.82, 2.24) is 10.2 Å². The van der Waals surface area contributed by atoms with Crippen molar-refractivity contribution in [3.05, 3.63) is 0 Å². The van der Waals surface area contributed by atoms with Gasteiger partial charge in [0.1, 0.15) is 5.54 Å². The second-order valence-corrected chi connectivity index (χ2v) is 6.55. The van der Waals surface area contributed by atoms with Crippen LogP contribution < -0.4 is 5.32 Å². The van der Waals surface area contributed by atoms with E-state index in [2.05, 4.69) is 45.0 Å². The second-order valence-electron chi connectivity index (χ2n) is 6.55. The molecule has 1 fully saturated rings. The topological polar surface area (TPSA) is 41.6 Å². The molecule has 1 rings (SSSR count). The molecule has 0 spiro atoms. The maximum Gasteiger partial charge on any atom is 0.326 e. The lowest BCUT2D eigenvalue weighted by Gasteiger charge is -2.34. The normalized spacial score (nSPS) is 28.1. The summed E-state index contributed by atoms with van der Waals surface area (Å²) in [5.74, 6) is 0.524. The van der Waals surface area contributed by atoms with Crippen molar-refractivity contribution in [3.63, 3.8) is 0 Å². The second kappa shape index (κ2) is 7.41. The number of hydrogen-bond donors (Lipinski definition) is 1. The van der Waals surface area contributed by atoms with Crippen molar-refractivity contribution < 1.29 is 9.53 Å². The number of carbonyl (C=O) groups excluding carboxylic acids is 1. The van der Waals surface area contributed by atoms with Crippen molar-refractivity contribution in [2.45, 2.75) is 71.0 Å². The summed E-state index contributed by atoms with van der Waals surface area (Å²) in [4.78, 5) is 14.6. The predicted molar refractivity (Wildman–Crippen MR) is 82.7 cm³/mol. The molecule has 4 nitrogen and oxygen atoms in total. The molecule has 1 saturated carbocycles. The lowest BCUT2D eigenvalue weighted by atomic mass is 9.96. The van der Waals surface area contributed by atoms with E-state index < -0.39 is 5.54 Å². The first-order valence-electron chi connectivity index (χ1n) is 7.93. The van der Waals surface area contributed by atoms with Gasteiger partial charge >= 0.3 is 5.97 Å². The van der Waals surface area contributed by atoms with Gasteiger partial charge in [-0.05, 0) is 52.1 Å². The minimum atomic E-state index is -0.472. The highest BCUT2D eigenvalue weighted by molar-refractivity contribution is 5.81. The Morgan fingerprint density at radius 2 is 2.10 bits per heavy atom. The van der Waals surface area contributed by atoms with Gasteiger partial charge in [-0.2, -0.15) is 0 Å². The summed E-state index contributed by atoms with van der Waals surface area (Å²) in [5.41, 5.74) is -0.472. The number of nitrogens with zero attached hydrogens (tertiary/aromatic N) is 1. The first kappa shape index (κ1) is 17.4. The third-order valence-electron chi connectivity index (χ3n) is 4.96. The number of ether oxygens (including phenoxy) is 1. The third-order valence-corrected chi connectivity index (χ3v) is 4.96. The van der Waals surface area contributed by atoms with Gasteiger partial charge in [-0.15, -0.1) is 0 Å². The molecule has 0 aromatic rings. The van der Waals surface area contributed by atoms with Crippen LogP contribution in [0.5, 0.6) is 0 Å². The third kappa shape index (κ3) is 3.73. The Labute approximate surface area is 124 Å². The van der Waals surface area contributed by atoms with Crippen LogP contribution in [0.4, 0.5) is 0 Å². The molecule has 0 amide bonds. The molecule has 0 aromatic heterocycles. The first-order valence-corrected chi connectivity index (χ1v) is 7.93. The molecule has 0 heterocycles. The van der Waals surface area contributed by atoms with E-state index in [0.29, 0.717) is 18.0 Å². The van der Waals surface area contributed by atoms with E-state index in [1.807, 2.05) is 0 Å². The maximum absolute atomic E-state index is 12.2. The molecule has 3 atom stereocenters. The molecule has 1 N–H and O–H groups in total. The fourth-order valence-electron chi connectivity index (χ4n) is 3.15. The van der Waals surface area contributed by atoms with Crippen LogP contribution in [0.2, 0.25) is 0 Å². The van der Waals surface area contributed by atoms with Crippen LogP contribution in [0.1, 0.15) is 53.4 Å². The van der Waals surface area contributed by atoms with E-state index in [0.717, 1.165) is 32.2 Å². The van der Waals surface area contributed by atoms with Gasteiger partial charge in [-0.1, -0.05) is 20.8 Å². The SMILES string of the molecule is CCCNC1(C(=O)OC)CCC(N(C)C(C)C(C)C)C1. The van der Waals surface area contributed by atoms with Crippen LogP contribution >= 0.6 is 0 Å². The highest BCUT2D eigenvalue weighted by Gasteiger charge is 2.47. The summed E-state index contributed by atoms with van der Waals surface area (Å²) in [6.45, 7) is 9.75. The minimum absolute atomic E-state index is 0.0981. The molecular formula is C16H32N2O2. The Balaban J connectivity index is 2.76. The lowest BCUT2D eigenvalue weighted by Crippen LogP contribution is -2.52. The van der Waals surface area contributed by atoms with Gasteiger partial charge in [0.2, 0.25) is 0 Å². The van der Waals surface area contributed by atoms with Crippen molar-refractivity contribution in [2.24, 2.45) is 5.92 Å². The number of nitrogens with one attached hydrogen (secondary N) is 1. The van der Waals surface area contributed by atoms with Crippen molar-refractivity contribution in [3.8, 4) is 0 Å². The van der Waals surface area contributed by atoms with Crippen molar-refractivity contribution in [1.29, 1.82) is 0 Å². The average molecular weight is 284 g/mol. The zero-order valence-corrected chi connectivity index (χ0v) is 14.0. The number of carbonyl (C=O) groups is 1. The van der Waals surface area contributed by atoms with E-state index in [4.69, 9.17) is 4.74 Å². The van der Waals surface area contributed by atoms with Crippen molar-refractivity contribution >= 4 is 5.97 Å². The van der Waals surface area contributed by atoms with Crippen LogP contribution in [-0.4, -0.2) is 49.2 Å². The predicted octanol–water partition coefficient (Wildman–Crippen LogP) is 2.43. The quantitative estimate of drug-likeness (QED) is 0.729. The van der Waals surface area contributed by atoms with Crippen LogP contribution in [-0.2, 0) is 9.53 Å². The number of esters is 1. The fraction of sp³-hybridized carbons (Fsp3) is 0.938. The van der Waals surface area contributed by atoms with Gasteiger partial charge < -0.3 is 15.0 Å². The van der Waals surface area contributed by atoms with Crippen LogP contribution in [0.15, 0.2) is 0 Å². The molecular weight excluding hydrogens is 252 g/mol. The van der Waals surface area contributed by atoms with Crippen LogP contribution in [0.3, 0.4) is 0 Å². The van der Waals surface area contributed by atoms with Crippen molar-refractivity contribution in [2.75, 3.05) is 20.7 Å². The van der Waals surface area contributed by atoms with Gasteiger partial charge in [0, 0.05) is 12.1 Å². The van der Waals surface area contributed by atoms with Gasteiger partial charge in [-0.3, -0.25) is 4.79 Å². The Kier molecular flexibility index (Phi) is 6.46. The number of methoxy groups -OCH3 is 1. The summed E-state index contributed by atoms with van der Waals surface area (Å²) >= 11 is 0. The Morgan fingerprint density at radius 3 is 2.60 bits per heavy atom. The summed E-state index contributed by atoms with van der Waals surface area (Å²) < 4.78 is 5.05. The smallest absolute Gasteiger partial charge is 0.326 e. The van der Waals surface area contributed by atoms with E-state index in [1.54, 1.807) is 0 Å². The number of hydrogen-bond acceptors (Lipinski definition) is 4. The zero-order chi connectivity index (χ0) is 15.3. The molecule has 0 saturated heterocycles. The fourth-order valence-corrected chi connectivity index (χ4v) is 3.15. The molecule has 1 aliphatic carbocycles. The largest absolute Gasteiger partial charge is 0.468 e. The highest BCUT2D eigenvalue weighted by Crippen LogP contribution is 2.35. The van der Waals surface area contributed by atoms with E-state index >= 15 is 0 Å². The molecule has 20 heavy (non-hydrogen) atoms. The van der Waals surface area contributed by atoms with E-state index in [-0.39, 0.29) is 5.97 Å². The van der Waals surface area contributed by atoms with E-state index in [9.17, 15) is 4.79 Å². The van der Waals surface area contributed by atoms with Gasteiger partial charge in [0.05, 0.1) is 7.11 Å². The molecule has 1 aliphatic rings. The standard InChI is InChI=1S/C16H32N2O2/c1-7-10-17-16(15(19)20-6)9-8-14(11-16)18(5)13(4)12(2)3/h12-14,17H,7-11H2,1-6H3. The summed E-state index contributed by atoms with van der Waals surface area (Å²) in [7, 11) is 3.67. The molecule has 0 bridgehead atoms. The summed E-state index contributed by atoms with van der Waals surface area (Å²) in [6.07, 6.45) is 3.81. The number of rotatable bonds is 7. The van der Waals surface area contributed by atoms with Gasteiger partial charge in [0.15, 0.2) is 0 Å². The molecule has 3 unspecified atom stereocenters. The zero-order valence-electron chi connectivity index (χ0n) is 14.0.